The lowest BCUT2D eigenvalue weighted by molar-refractivity contribution is 0.0809. The summed E-state index contributed by atoms with van der Waals surface area (Å²) >= 11 is 0. The van der Waals surface area contributed by atoms with Crippen molar-refractivity contribution in [1.82, 2.24) is 15.1 Å². The average molecular weight is 371 g/mol. The molecule has 0 saturated carbocycles. The zero-order valence-electron chi connectivity index (χ0n) is 16.6. The Morgan fingerprint density at radius 3 is 2.70 bits per heavy atom. The second-order valence-electron chi connectivity index (χ2n) is 7.48. The minimum absolute atomic E-state index is 0.00402. The first-order valence-corrected chi connectivity index (χ1v) is 9.54. The first kappa shape index (κ1) is 19.4. The van der Waals surface area contributed by atoms with Crippen molar-refractivity contribution in [3.05, 3.63) is 41.2 Å². The molecule has 2 aromatic rings. The Hall–Kier alpha value is -2.34. The van der Waals surface area contributed by atoms with Crippen molar-refractivity contribution in [2.75, 3.05) is 27.3 Å². The van der Waals surface area contributed by atoms with Gasteiger partial charge in [-0.25, -0.2) is 0 Å². The topological polar surface area (TPSA) is 67.5 Å². The summed E-state index contributed by atoms with van der Waals surface area (Å²) in [6.07, 6.45) is 1.94. The molecule has 0 unspecified atom stereocenters. The Balaban J connectivity index is 1.67. The molecule has 0 bridgehead atoms. The quantitative estimate of drug-likeness (QED) is 0.753. The molecule has 0 amide bonds. The average Bonchev–Trinajstić information content (AvgIpc) is 3.16. The van der Waals surface area contributed by atoms with Gasteiger partial charge < -0.3 is 9.47 Å². The molecule has 1 saturated heterocycles. The maximum absolute atomic E-state index is 13.0. The number of rotatable bonds is 7. The van der Waals surface area contributed by atoms with E-state index >= 15 is 0 Å². The molecule has 0 spiro atoms. The fourth-order valence-corrected chi connectivity index (χ4v) is 3.64. The zero-order chi connectivity index (χ0) is 19.4. The van der Waals surface area contributed by atoms with Crippen LogP contribution < -0.4 is 9.47 Å². The van der Waals surface area contributed by atoms with Crippen LogP contribution in [0.2, 0.25) is 0 Å². The van der Waals surface area contributed by atoms with E-state index in [1.807, 2.05) is 6.07 Å². The molecule has 1 aromatic carbocycles. The number of nitrogens with one attached hydrogen (secondary N) is 1. The summed E-state index contributed by atoms with van der Waals surface area (Å²) < 4.78 is 10.6. The third kappa shape index (κ3) is 4.50. The van der Waals surface area contributed by atoms with Crippen LogP contribution in [0, 0.1) is 5.92 Å². The highest BCUT2D eigenvalue weighted by molar-refractivity contribution is 5.98. The smallest absolute Gasteiger partial charge is 0.167 e. The molecule has 1 fully saturated rings. The van der Waals surface area contributed by atoms with E-state index in [4.69, 9.17) is 9.47 Å². The van der Waals surface area contributed by atoms with Crippen LogP contribution >= 0.6 is 0 Å². The number of benzene rings is 1. The molecule has 146 valence electrons. The van der Waals surface area contributed by atoms with Gasteiger partial charge in [0.05, 0.1) is 19.9 Å². The molecular weight excluding hydrogens is 342 g/mol. The molecule has 3 rings (SSSR count). The number of ether oxygens (including phenoxy) is 2. The molecule has 6 heteroatoms. The fourth-order valence-electron chi connectivity index (χ4n) is 3.64. The van der Waals surface area contributed by atoms with Gasteiger partial charge >= 0.3 is 0 Å². The largest absolute Gasteiger partial charge is 0.493 e. The Kier molecular flexibility index (Phi) is 6.16. The number of nitrogens with zero attached hydrogens (tertiary/aromatic N) is 2. The summed E-state index contributed by atoms with van der Waals surface area (Å²) in [7, 11) is 3.18. The number of H-pyrrole nitrogens is 1. The van der Waals surface area contributed by atoms with Crippen molar-refractivity contribution in [2.45, 2.75) is 39.2 Å². The molecule has 27 heavy (non-hydrogen) atoms. The monoisotopic (exact) mass is 371 g/mol. The highest BCUT2D eigenvalue weighted by Gasteiger charge is 2.27. The van der Waals surface area contributed by atoms with Gasteiger partial charge in [-0.3, -0.25) is 14.8 Å². The van der Waals surface area contributed by atoms with Crippen molar-refractivity contribution >= 4 is 5.78 Å². The van der Waals surface area contributed by atoms with Crippen LogP contribution in [0.3, 0.4) is 0 Å². The number of carbonyl (C=O) groups is 1. The van der Waals surface area contributed by atoms with Gasteiger partial charge in [0.25, 0.3) is 0 Å². The van der Waals surface area contributed by atoms with Crippen molar-refractivity contribution in [1.29, 1.82) is 0 Å². The molecule has 1 N–H and O–H groups in total. The maximum Gasteiger partial charge on any atom is 0.167 e. The molecule has 1 atom stereocenters. The summed E-state index contributed by atoms with van der Waals surface area (Å²) in [4.78, 5) is 15.4. The van der Waals surface area contributed by atoms with Crippen LogP contribution in [0.5, 0.6) is 11.5 Å². The molecule has 0 radical (unpaired) electrons. The predicted molar refractivity (Wildman–Crippen MR) is 105 cm³/mol. The van der Waals surface area contributed by atoms with Gasteiger partial charge in [-0.05, 0) is 49.6 Å². The number of aromatic amines is 1. The second kappa shape index (κ2) is 8.57. The van der Waals surface area contributed by atoms with Crippen LogP contribution in [0.4, 0.5) is 0 Å². The van der Waals surface area contributed by atoms with E-state index in [1.165, 1.54) is 0 Å². The lowest BCUT2D eigenvalue weighted by Gasteiger charge is -2.31. The number of carbonyl (C=O) groups excluding carboxylic acids is 1. The summed E-state index contributed by atoms with van der Waals surface area (Å²) in [6, 6.07) is 7.53. The fraction of sp³-hybridized carbons (Fsp3) is 0.524. The minimum atomic E-state index is 0.00402. The molecular formula is C21H29N3O3. The van der Waals surface area contributed by atoms with Crippen LogP contribution in [-0.2, 0) is 6.54 Å². The summed E-state index contributed by atoms with van der Waals surface area (Å²) in [5.74, 6) is 1.82. The molecule has 1 aliphatic heterocycles. The van der Waals surface area contributed by atoms with Gasteiger partial charge in [-0.2, -0.15) is 5.10 Å². The predicted octanol–water partition coefficient (Wildman–Crippen LogP) is 3.65. The SMILES string of the molecule is COc1ccc(C(=O)[C@@H]2CCCN(Cc3cc(C(C)C)n[nH]3)C2)cc1OC. The first-order chi connectivity index (χ1) is 13.0. The third-order valence-corrected chi connectivity index (χ3v) is 5.18. The Morgan fingerprint density at radius 1 is 1.26 bits per heavy atom. The van der Waals surface area contributed by atoms with Crippen LogP contribution in [0.15, 0.2) is 24.3 Å². The van der Waals surface area contributed by atoms with Crippen molar-refractivity contribution in [3.63, 3.8) is 0 Å². The lowest BCUT2D eigenvalue weighted by atomic mass is 9.89. The van der Waals surface area contributed by atoms with E-state index in [0.717, 1.165) is 43.9 Å². The normalized spacial score (nSPS) is 17.9. The number of aromatic nitrogens is 2. The highest BCUT2D eigenvalue weighted by Crippen LogP contribution is 2.30. The molecule has 2 heterocycles. The Bertz CT molecular complexity index is 785. The van der Waals surface area contributed by atoms with Crippen molar-refractivity contribution < 1.29 is 14.3 Å². The molecule has 1 aromatic heterocycles. The molecule has 0 aliphatic carbocycles. The number of likely N-dealkylation sites (tertiary alicyclic amines) is 1. The van der Waals surface area contributed by atoms with Gasteiger partial charge in [0.2, 0.25) is 0 Å². The van der Waals surface area contributed by atoms with Gasteiger partial charge in [0.1, 0.15) is 0 Å². The second-order valence-corrected chi connectivity index (χ2v) is 7.48. The van der Waals surface area contributed by atoms with Gasteiger partial charge in [-0.15, -0.1) is 0 Å². The molecule has 6 nitrogen and oxygen atoms in total. The number of methoxy groups -OCH3 is 2. The Morgan fingerprint density at radius 2 is 2.04 bits per heavy atom. The van der Waals surface area contributed by atoms with Crippen molar-refractivity contribution in [2.24, 2.45) is 5.92 Å². The van der Waals surface area contributed by atoms with E-state index in [-0.39, 0.29) is 11.7 Å². The van der Waals surface area contributed by atoms with E-state index in [9.17, 15) is 4.79 Å². The number of hydrogen-bond acceptors (Lipinski definition) is 5. The minimum Gasteiger partial charge on any atom is -0.493 e. The maximum atomic E-state index is 13.0. The van der Waals surface area contributed by atoms with Crippen LogP contribution in [0.25, 0.3) is 0 Å². The summed E-state index contributed by atoms with van der Waals surface area (Å²) in [6.45, 7) is 6.85. The van der Waals surface area contributed by atoms with E-state index in [2.05, 4.69) is 35.0 Å². The standard InChI is InChI=1S/C21H29N3O3/c1-14(2)18-11-17(22-23-18)13-24-9-5-6-16(12-24)21(25)15-7-8-19(26-3)20(10-15)27-4/h7-8,10-11,14,16H,5-6,9,12-13H2,1-4H3,(H,22,23)/t16-/m1/s1. The van der Waals surface area contributed by atoms with Gasteiger partial charge in [-0.1, -0.05) is 13.8 Å². The summed E-state index contributed by atoms with van der Waals surface area (Å²) in [5.41, 5.74) is 2.88. The van der Waals surface area contributed by atoms with E-state index in [1.54, 1.807) is 26.4 Å². The zero-order valence-corrected chi connectivity index (χ0v) is 16.6. The van der Waals surface area contributed by atoms with Crippen LogP contribution in [-0.4, -0.2) is 48.2 Å². The number of Topliss-reactive ketones (excluding diaryl/α,β-unsaturated/α-hetero) is 1. The first-order valence-electron chi connectivity index (χ1n) is 9.54. The van der Waals surface area contributed by atoms with Gasteiger partial charge in [0.15, 0.2) is 17.3 Å². The Labute approximate surface area is 160 Å². The molecule has 1 aliphatic rings. The number of piperidine rings is 1. The van der Waals surface area contributed by atoms with Crippen LogP contribution in [0.1, 0.15) is 54.4 Å². The summed E-state index contributed by atoms with van der Waals surface area (Å²) in [5, 5.41) is 7.50. The van der Waals surface area contributed by atoms with E-state index < -0.39 is 0 Å². The van der Waals surface area contributed by atoms with Gasteiger partial charge in [0, 0.05) is 30.3 Å². The number of ketones is 1. The third-order valence-electron chi connectivity index (χ3n) is 5.18. The lowest BCUT2D eigenvalue weighted by Crippen LogP contribution is -2.38. The number of hydrogen-bond donors (Lipinski definition) is 1. The highest BCUT2D eigenvalue weighted by atomic mass is 16.5. The van der Waals surface area contributed by atoms with E-state index in [0.29, 0.717) is 23.0 Å². The van der Waals surface area contributed by atoms with Crippen molar-refractivity contribution in [3.8, 4) is 11.5 Å².